The van der Waals surface area contributed by atoms with Crippen LogP contribution in [0.25, 0.3) is 0 Å². The van der Waals surface area contributed by atoms with Gasteiger partial charge in [0.25, 0.3) is 0 Å². The summed E-state index contributed by atoms with van der Waals surface area (Å²) in [5.41, 5.74) is -1.03. The molecule has 1 amide bonds. The maximum absolute atomic E-state index is 12.7. The molecule has 2 unspecified atom stereocenters. The van der Waals surface area contributed by atoms with Gasteiger partial charge in [-0.05, 0) is 43.5 Å². The van der Waals surface area contributed by atoms with Gasteiger partial charge in [0, 0.05) is 22.7 Å². The lowest BCUT2D eigenvalue weighted by atomic mass is 9.71. The molecule has 2 N–H and O–H groups in total. The molecule has 0 aromatic heterocycles. The molecule has 2 saturated heterocycles. The molecule has 4 nitrogen and oxygen atoms in total. The van der Waals surface area contributed by atoms with E-state index in [1.54, 1.807) is 13.0 Å². The molecule has 0 aliphatic carbocycles. The van der Waals surface area contributed by atoms with Gasteiger partial charge in [0.1, 0.15) is 5.41 Å². The standard InChI is InChI=1S/C15H17BrClNO3/c1-14(10-8-9(16)2-3-11(10)17)12(19)15(18-13(14)20)4-6-21-7-5-15/h2-3,8,12,19H,4-7H2,1H3,(H,18,20). The summed E-state index contributed by atoms with van der Waals surface area (Å²) in [6, 6.07) is 5.36. The van der Waals surface area contributed by atoms with Crippen molar-refractivity contribution in [1.29, 1.82) is 0 Å². The van der Waals surface area contributed by atoms with Crippen LogP contribution in [0.3, 0.4) is 0 Å². The van der Waals surface area contributed by atoms with Gasteiger partial charge in [-0.3, -0.25) is 4.79 Å². The predicted molar refractivity (Wildman–Crippen MR) is 83.4 cm³/mol. The van der Waals surface area contributed by atoms with Crippen molar-refractivity contribution in [1.82, 2.24) is 5.32 Å². The van der Waals surface area contributed by atoms with E-state index in [0.29, 0.717) is 36.6 Å². The van der Waals surface area contributed by atoms with Crippen LogP contribution >= 0.6 is 27.5 Å². The van der Waals surface area contributed by atoms with Gasteiger partial charge in [0.15, 0.2) is 0 Å². The number of hydrogen-bond acceptors (Lipinski definition) is 3. The lowest BCUT2D eigenvalue weighted by Crippen LogP contribution is -2.54. The molecule has 0 bridgehead atoms. The largest absolute Gasteiger partial charge is 0.389 e. The Bertz CT molecular complexity index is 588. The molecule has 2 aliphatic rings. The number of benzene rings is 1. The van der Waals surface area contributed by atoms with Crippen LogP contribution in [-0.4, -0.2) is 35.9 Å². The molecule has 3 rings (SSSR count). The zero-order chi connectivity index (χ0) is 15.3. The van der Waals surface area contributed by atoms with E-state index in [0.717, 1.165) is 4.47 Å². The van der Waals surface area contributed by atoms with E-state index in [4.69, 9.17) is 16.3 Å². The second-order valence-electron chi connectivity index (χ2n) is 5.95. The highest BCUT2D eigenvalue weighted by atomic mass is 79.9. The number of hydrogen-bond donors (Lipinski definition) is 2. The monoisotopic (exact) mass is 373 g/mol. The fourth-order valence-corrected chi connectivity index (χ4v) is 4.08. The quantitative estimate of drug-likeness (QED) is 0.793. The van der Waals surface area contributed by atoms with Crippen molar-refractivity contribution in [3.63, 3.8) is 0 Å². The van der Waals surface area contributed by atoms with Gasteiger partial charge in [0.2, 0.25) is 5.91 Å². The SMILES string of the molecule is CC1(c2cc(Br)ccc2Cl)C(=O)NC2(CCOCC2)C1O. The predicted octanol–water partition coefficient (Wildman–Crippen LogP) is 2.40. The summed E-state index contributed by atoms with van der Waals surface area (Å²) in [5.74, 6) is -0.183. The number of carbonyl (C=O) groups is 1. The molecule has 0 saturated carbocycles. The summed E-state index contributed by atoms with van der Waals surface area (Å²) in [7, 11) is 0. The van der Waals surface area contributed by atoms with E-state index in [2.05, 4.69) is 21.2 Å². The Hall–Kier alpha value is -0.620. The molecular weight excluding hydrogens is 358 g/mol. The van der Waals surface area contributed by atoms with Crippen molar-refractivity contribution in [3.8, 4) is 0 Å². The highest BCUT2D eigenvalue weighted by Gasteiger charge is 2.61. The van der Waals surface area contributed by atoms with Crippen LogP contribution in [0.1, 0.15) is 25.3 Å². The summed E-state index contributed by atoms with van der Waals surface area (Å²) in [5, 5.41) is 14.4. The fourth-order valence-electron chi connectivity index (χ4n) is 3.40. The molecule has 2 heterocycles. The number of aliphatic hydroxyl groups excluding tert-OH is 1. The molecule has 114 valence electrons. The zero-order valence-corrected chi connectivity index (χ0v) is 14.0. The minimum atomic E-state index is -1.06. The molecule has 2 fully saturated rings. The minimum absolute atomic E-state index is 0.183. The highest BCUT2D eigenvalue weighted by Crippen LogP contribution is 2.45. The molecule has 0 radical (unpaired) electrons. The van der Waals surface area contributed by atoms with Gasteiger partial charge >= 0.3 is 0 Å². The molecule has 1 aromatic rings. The van der Waals surface area contributed by atoms with Crippen molar-refractivity contribution >= 4 is 33.4 Å². The van der Waals surface area contributed by atoms with Gasteiger partial charge < -0.3 is 15.2 Å². The van der Waals surface area contributed by atoms with Gasteiger partial charge in [-0.25, -0.2) is 0 Å². The summed E-state index contributed by atoms with van der Waals surface area (Å²) in [6.07, 6.45) is 0.385. The van der Waals surface area contributed by atoms with E-state index in [1.165, 1.54) is 0 Å². The highest BCUT2D eigenvalue weighted by molar-refractivity contribution is 9.10. The van der Waals surface area contributed by atoms with Crippen LogP contribution in [-0.2, 0) is 14.9 Å². The smallest absolute Gasteiger partial charge is 0.233 e. The Kier molecular flexibility index (Phi) is 3.81. The molecular formula is C15H17BrClNO3. The minimum Gasteiger partial charge on any atom is -0.389 e. The molecule has 2 atom stereocenters. The fraction of sp³-hybridized carbons (Fsp3) is 0.533. The second-order valence-corrected chi connectivity index (χ2v) is 7.27. The van der Waals surface area contributed by atoms with E-state index < -0.39 is 17.1 Å². The Balaban J connectivity index is 2.08. The number of halogens is 2. The van der Waals surface area contributed by atoms with Gasteiger partial charge in [-0.2, -0.15) is 0 Å². The van der Waals surface area contributed by atoms with Crippen LogP contribution in [0.15, 0.2) is 22.7 Å². The van der Waals surface area contributed by atoms with Crippen molar-refractivity contribution in [2.75, 3.05) is 13.2 Å². The van der Waals surface area contributed by atoms with Crippen molar-refractivity contribution in [2.45, 2.75) is 36.8 Å². The Morgan fingerprint density at radius 1 is 1.43 bits per heavy atom. The first-order chi connectivity index (χ1) is 9.90. The summed E-state index contributed by atoms with van der Waals surface area (Å²) < 4.78 is 6.19. The maximum atomic E-state index is 12.7. The van der Waals surface area contributed by atoms with Crippen LogP contribution in [0, 0.1) is 0 Å². The first-order valence-corrected chi connectivity index (χ1v) is 8.11. The summed E-state index contributed by atoms with van der Waals surface area (Å²) in [6.45, 7) is 2.84. The molecule has 2 aliphatic heterocycles. The zero-order valence-electron chi connectivity index (χ0n) is 11.7. The van der Waals surface area contributed by atoms with Gasteiger partial charge in [-0.15, -0.1) is 0 Å². The number of carbonyl (C=O) groups excluding carboxylic acids is 1. The third kappa shape index (κ3) is 2.22. The Labute approximate surface area is 136 Å². The van der Waals surface area contributed by atoms with Crippen molar-refractivity contribution in [2.24, 2.45) is 0 Å². The number of aliphatic hydroxyl groups is 1. The van der Waals surface area contributed by atoms with Crippen LogP contribution in [0.2, 0.25) is 5.02 Å². The van der Waals surface area contributed by atoms with E-state index in [1.807, 2.05) is 12.1 Å². The Morgan fingerprint density at radius 3 is 2.76 bits per heavy atom. The third-order valence-corrected chi connectivity index (χ3v) is 5.60. The lowest BCUT2D eigenvalue weighted by Gasteiger charge is -2.38. The summed E-state index contributed by atoms with van der Waals surface area (Å²) in [4.78, 5) is 12.7. The van der Waals surface area contributed by atoms with Crippen molar-refractivity contribution < 1.29 is 14.6 Å². The number of amides is 1. The van der Waals surface area contributed by atoms with E-state index in [-0.39, 0.29) is 5.91 Å². The maximum Gasteiger partial charge on any atom is 0.233 e. The van der Waals surface area contributed by atoms with Gasteiger partial charge in [-0.1, -0.05) is 27.5 Å². The van der Waals surface area contributed by atoms with E-state index >= 15 is 0 Å². The normalized spacial score (nSPS) is 31.4. The average molecular weight is 375 g/mol. The number of rotatable bonds is 1. The molecule has 21 heavy (non-hydrogen) atoms. The number of ether oxygens (including phenoxy) is 1. The second kappa shape index (κ2) is 5.23. The van der Waals surface area contributed by atoms with Crippen LogP contribution in [0.4, 0.5) is 0 Å². The van der Waals surface area contributed by atoms with E-state index in [9.17, 15) is 9.90 Å². The first-order valence-electron chi connectivity index (χ1n) is 6.94. The first kappa shape index (κ1) is 15.3. The third-order valence-electron chi connectivity index (χ3n) is 4.78. The van der Waals surface area contributed by atoms with Crippen LogP contribution < -0.4 is 5.32 Å². The topological polar surface area (TPSA) is 58.6 Å². The molecule has 1 spiro atoms. The molecule has 1 aromatic carbocycles. The van der Waals surface area contributed by atoms with Crippen LogP contribution in [0.5, 0.6) is 0 Å². The Morgan fingerprint density at radius 2 is 2.10 bits per heavy atom. The molecule has 6 heteroatoms. The summed E-state index contributed by atoms with van der Waals surface area (Å²) >= 11 is 9.69. The average Bonchev–Trinajstić information content (AvgIpc) is 2.65. The van der Waals surface area contributed by atoms with Gasteiger partial charge in [0.05, 0.1) is 11.6 Å². The number of nitrogens with one attached hydrogen (secondary N) is 1. The van der Waals surface area contributed by atoms with Crippen molar-refractivity contribution in [3.05, 3.63) is 33.3 Å². The lowest BCUT2D eigenvalue weighted by molar-refractivity contribution is -0.125.